The lowest BCUT2D eigenvalue weighted by molar-refractivity contribution is 0.567. The maximum absolute atomic E-state index is 3.69. The van der Waals surface area contributed by atoms with Crippen molar-refractivity contribution in [1.82, 2.24) is 5.32 Å². The van der Waals surface area contributed by atoms with E-state index in [0.29, 0.717) is 6.04 Å². The highest BCUT2D eigenvalue weighted by Gasteiger charge is 1.92. The van der Waals surface area contributed by atoms with Crippen molar-refractivity contribution >= 4 is 0 Å². The fourth-order valence-electron chi connectivity index (χ4n) is 0.995. The highest BCUT2D eigenvalue weighted by molar-refractivity contribution is 4.85. The minimum absolute atomic E-state index is 0.637. The Kier molecular flexibility index (Phi) is 9.12. The molecule has 0 aliphatic heterocycles. The first-order valence-corrected chi connectivity index (χ1v) is 5.30. The average molecular weight is 181 g/mol. The lowest BCUT2D eigenvalue weighted by atomic mass is 10.2. The first-order valence-electron chi connectivity index (χ1n) is 5.30. The van der Waals surface area contributed by atoms with Crippen LogP contribution in [0.4, 0.5) is 0 Å². The number of rotatable bonds is 8. The number of hydrogen-bond acceptors (Lipinski definition) is 1. The van der Waals surface area contributed by atoms with Crippen LogP contribution in [0.2, 0.25) is 0 Å². The SMILES string of the molecule is C=CCCC/C=C/CN[C@H](C)CC. The predicted molar refractivity (Wildman–Crippen MR) is 60.9 cm³/mol. The molecule has 0 aliphatic rings. The normalized spacial score (nSPS) is 13.4. The number of hydrogen-bond donors (Lipinski definition) is 1. The molecule has 0 saturated carbocycles. The standard InChI is InChI=1S/C12H23N/c1-4-6-7-8-9-10-11-13-12(3)5-2/h4,9-10,12-13H,1,5-8,11H2,2-3H3/b10-9+/t12-/m1/s1. The lowest BCUT2D eigenvalue weighted by Gasteiger charge is -2.07. The van der Waals surface area contributed by atoms with Crippen LogP contribution in [0.1, 0.15) is 39.5 Å². The molecule has 0 heterocycles. The van der Waals surface area contributed by atoms with E-state index in [-0.39, 0.29) is 0 Å². The molecule has 0 radical (unpaired) electrons. The summed E-state index contributed by atoms with van der Waals surface area (Å²) in [4.78, 5) is 0. The Bertz CT molecular complexity index is 138. The summed E-state index contributed by atoms with van der Waals surface area (Å²) in [6.45, 7) is 9.11. The van der Waals surface area contributed by atoms with E-state index >= 15 is 0 Å². The van der Waals surface area contributed by atoms with Crippen LogP contribution in [0.3, 0.4) is 0 Å². The molecule has 0 fully saturated rings. The zero-order valence-corrected chi connectivity index (χ0v) is 9.05. The van der Waals surface area contributed by atoms with Gasteiger partial charge in [0.25, 0.3) is 0 Å². The van der Waals surface area contributed by atoms with Crippen molar-refractivity contribution in [2.45, 2.75) is 45.6 Å². The van der Waals surface area contributed by atoms with E-state index in [2.05, 4.69) is 37.9 Å². The topological polar surface area (TPSA) is 12.0 Å². The van der Waals surface area contributed by atoms with Gasteiger partial charge >= 0.3 is 0 Å². The summed E-state index contributed by atoms with van der Waals surface area (Å²) in [6.07, 6.45) is 11.2. The second-order valence-electron chi connectivity index (χ2n) is 3.41. The van der Waals surface area contributed by atoms with E-state index in [1.807, 2.05) is 6.08 Å². The average Bonchev–Trinajstić information content (AvgIpc) is 2.16. The van der Waals surface area contributed by atoms with Crippen LogP contribution < -0.4 is 5.32 Å². The van der Waals surface area contributed by atoms with Gasteiger partial charge in [0.1, 0.15) is 0 Å². The molecule has 1 nitrogen and oxygen atoms in total. The van der Waals surface area contributed by atoms with Gasteiger partial charge in [-0.2, -0.15) is 0 Å². The van der Waals surface area contributed by atoms with Crippen molar-refractivity contribution in [3.63, 3.8) is 0 Å². The van der Waals surface area contributed by atoms with Crippen molar-refractivity contribution in [2.75, 3.05) is 6.54 Å². The van der Waals surface area contributed by atoms with Gasteiger partial charge in [-0.05, 0) is 32.6 Å². The van der Waals surface area contributed by atoms with Crippen molar-refractivity contribution in [3.8, 4) is 0 Å². The second-order valence-corrected chi connectivity index (χ2v) is 3.41. The number of unbranched alkanes of at least 4 members (excludes halogenated alkanes) is 2. The molecule has 0 aromatic rings. The Morgan fingerprint density at radius 1 is 1.31 bits per heavy atom. The molecule has 1 heteroatoms. The summed E-state index contributed by atoms with van der Waals surface area (Å²) in [6, 6.07) is 0.637. The lowest BCUT2D eigenvalue weighted by Crippen LogP contribution is -2.24. The Balaban J connectivity index is 3.16. The molecule has 1 N–H and O–H groups in total. The van der Waals surface area contributed by atoms with Crippen LogP contribution in [0.15, 0.2) is 24.8 Å². The minimum atomic E-state index is 0.637. The molecular weight excluding hydrogens is 158 g/mol. The summed E-state index contributed by atoms with van der Waals surface area (Å²) in [5.74, 6) is 0. The molecule has 76 valence electrons. The van der Waals surface area contributed by atoms with E-state index in [4.69, 9.17) is 0 Å². The van der Waals surface area contributed by atoms with Crippen LogP contribution in [-0.4, -0.2) is 12.6 Å². The molecule has 0 spiro atoms. The fourth-order valence-corrected chi connectivity index (χ4v) is 0.995. The van der Waals surface area contributed by atoms with E-state index in [0.717, 1.165) is 13.0 Å². The van der Waals surface area contributed by atoms with Crippen LogP contribution in [-0.2, 0) is 0 Å². The van der Waals surface area contributed by atoms with E-state index in [9.17, 15) is 0 Å². The van der Waals surface area contributed by atoms with Crippen molar-refractivity contribution < 1.29 is 0 Å². The van der Waals surface area contributed by atoms with Crippen LogP contribution in [0.25, 0.3) is 0 Å². The van der Waals surface area contributed by atoms with Gasteiger partial charge in [-0.15, -0.1) is 6.58 Å². The summed E-state index contributed by atoms with van der Waals surface area (Å²) >= 11 is 0. The molecule has 0 aromatic heterocycles. The molecule has 13 heavy (non-hydrogen) atoms. The molecular formula is C12H23N. The second kappa shape index (κ2) is 9.53. The van der Waals surface area contributed by atoms with Crippen LogP contribution >= 0.6 is 0 Å². The molecule has 0 aliphatic carbocycles. The summed E-state index contributed by atoms with van der Waals surface area (Å²) in [7, 11) is 0. The maximum atomic E-state index is 3.69. The van der Waals surface area contributed by atoms with Gasteiger partial charge in [0.05, 0.1) is 0 Å². The van der Waals surface area contributed by atoms with Crippen molar-refractivity contribution in [2.24, 2.45) is 0 Å². The minimum Gasteiger partial charge on any atom is -0.311 e. The molecule has 0 aromatic carbocycles. The smallest absolute Gasteiger partial charge is 0.0137 e. The zero-order chi connectivity index (χ0) is 9.94. The zero-order valence-electron chi connectivity index (χ0n) is 9.05. The highest BCUT2D eigenvalue weighted by Crippen LogP contribution is 1.96. The Morgan fingerprint density at radius 2 is 2.08 bits per heavy atom. The van der Waals surface area contributed by atoms with Crippen molar-refractivity contribution in [3.05, 3.63) is 24.8 Å². The first kappa shape index (κ1) is 12.4. The van der Waals surface area contributed by atoms with Gasteiger partial charge in [0.15, 0.2) is 0 Å². The van der Waals surface area contributed by atoms with Gasteiger partial charge < -0.3 is 5.32 Å². The molecule has 0 amide bonds. The fraction of sp³-hybridized carbons (Fsp3) is 0.667. The van der Waals surface area contributed by atoms with Gasteiger partial charge in [0, 0.05) is 12.6 Å². The maximum Gasteiger partial charge on any atom is 0.0137 e. The molecule has 1 atom stereocenters. The third kappa shape index (κ3) is 9.35. The number of allylic oxidation sites excluding steroid dienone is 2. The Hall–Kier alpha value is -0.560. The van der Waals surface area contributed by atoms with Gasteiger partial charge in [0.2, 0.25) is 0 Å². The number of nitrogens with one attached hydrogen (secondary N) is 1. The van der Waals surface area contributed by atoms with Gasteiger partial charge in [-0.25, -0.2) is 0 Å². The molecule has 0 bridgehead atoms. The predicted octanol–water partition coefficient (Wildman–Crippen LogP) is 3.29. The summed E-state index contributed by atoms with van der Waals surface area (Å²) < 4.78 is 0. The highest BCUT2D eigenvalue weighted by atomic mass is 14.9. The molecule has 0 saturated heterocycles. The van der Waals surface area contributed by atoms with Crippen molar-refractivity contribution in [1.29, 1.82) is 0 Å². The van der Waals surface area contributed by atoms with Crippen LogP contribution in [0.5, 0.6) is 0 Å². The van der Waals surface area contributed by atoms with E-state index in [1.165, 1.54) is 19.3 Å². The third-order valence-electron chi connectivity index (χ3n) is 2.14. The van der Waals surface area contributed by atoms with Gasteiger partial charge in [-0.3, -0.25) is 0 Å². The van der Waals surface area contributed by atoms with E-state index in [1.54, 1.807) is 0 Å². The molecule has 0 unspecified atom stereocenters. The first-order chi connectivity index (χ1) is 6.31. The largest absolute Gasteiger partial charge is 0.311 e. The van der Waals surface area contributed by atoms with Gasteiger partial charge in [-0.1, -0.05) is 25.2 Å². The quantitative estimate of drug-likeness (QED) is 0.447. The Morgan fingerprint density at radius 3 is 2.69 bits per heavy atom. The Labute approximate surface area is 82.9 Å². The summed E-state index contributed by atoms with van der Waals surface area (Å²) in [5, 5.41) is 3.42. The third-order valence-corrected chi connectivity index (χ3v) is 2.14. The molecule has 0 rings (SSSR count). The summed E-state index contributed by atoms with van der Waals surface area (Å²) in [5.41, 5.74) is 0. The van der Waals surface area contributed by atoms with E-state index < -0.39 is 0 Å². The van der Waals surface area contributed by atoms with Crippen LogP contribution in [0, 0.1) is 0 Å². The monoisotopic (exact) mass is 181 g/mol.